The molecule has 5 atom stereocenters. The molecule has 0 aromatic rings. The van der Waals surface area contributed by atoms with Gasteiger partial charge >= 0.3 is 0 Å². The van der Waals surface area contributed by atoms with Crippen molar-refractivity contribution in [2.24, 2.45) is 28.1 Å². The zero-order valence-corrected chi connectivity index (χ0v) is 10.4. The van der Waals surface area contributed by atoms with E-state index in [0.29, 0.717) is 16.2 Å². The normalized spacial score (nSPS) is 67.2. The van der Waals surface area contributed by atoms with Crippen LogP contribution in [0.3, 0.4) is 0 Å². The van der Waals surface area contributed by atoms with Crippen molar-refractivity contribution in [3.05, 3.63) is 0 Å². The molecule has 0 heterocycles. The monoisotopic (exact) mass is 206 g/mol. The van der Waals surface area contributed by atoms with Crippen LogP contribution in [0.15, 0.2) is 0 Å². The number of methoxy groups -OCH3 is 1. The SMILES string of the molecule is CO[C@]12CC(C)(C)[C@@H]3CC31[C@H]1C[C@@]1(C)C2. The van der Waals surface area contributed by atoms with Crippen LogP contribution in [-0.4, -0.2) is 12.7 Å². The molecule has 0 amide bonds. The van der Waals surface area contributed by atoms with E-state index in [4.69, 9.17) is 4.74 Å². The van der Waals surface area contributed by atoms with Crippen LogP contribution in [0.4, 0.5) is 0 Å². The number of rotatable bonds is 1. The lowest BCUT2D eigenvalue weighted by molar-refractivity contribution is -0.0665. The van der Waals surface area contributed by atoms with Crippen LogP contribution in [0.1, 0.15) is 46.5 Å². The highest BCUT2D eigenvalue weighted by molar-refractivity contribution is 5.38. The van der Waals surface area contributed by atoms with Crippen molar-refractivity contribution in [2.45, 2.75) is 52.1 Å². The molecule has 4 saturated carbocycles. The Bertz CT molecular complexity index is 356. The van der Waals surface area contributed by atoms with Crippen molar-refractivity contribution in [1.29, 1.82) is 0 Å². The lowest BCUT2D eigenvalue weighted by Crippen LogP contribution is -2.38. The fourth-order valence-electron chi connectivity index (χ4n) is 6.10. The maximum atomic E-state index is 6.07. The van der Waals surface area contributed by atoms with Gasteiger partial charge in [-0.3, -0.25) is 0 Å². The van der Waals surface area contributed by atoms with Crippen molar-refractivity contribution in [3.63, 3.8) is 0 Å². The average Bonchev–Trinajstić information content (AvgIpc) is 2.95. The van der Waals surface area contributed by atoms with Crippen LogP contribution in [0.2, 0.25) is 0 Å². The Morgan fingerprint density at radius 2 is 1.73 bits per heavy atom. The fourth-order valence-corrected chi connectivity index (χ4v) is 6.10. The van der Waals surface area contributed by atoms with Crippen LogP contribution in [0.25, 0.3) is 0 Å². The lowest BCUT2D eigenvalue weighted by Gasteiger charge is -2.36. The van der Waals surface area contributed by atoms with Gasteiger partial charge in [0.25, 0.3) is 0 Å². The quantitative estimate of drug-likeness (QED) is 0.640. The largest absolute Gasteiger partial charge is 0.378 e. The highest BCUT2D eigenvalue weighted by atomic mass is 16.5. The van der Waals surface area contributed by atoms with E-state index in [2.05, 4.69) is 20.8 Å². The second-order valence-electron chi connectivity index (χ2n) is 7.75. The molecule has 15 heavy (non-hydrogen) atoms. The van der Waals surface area contributed by atoms with E-state index in [1.165, 1.54) is 25.7 Å². The van der Waals surface area contributed by atoms with Gasteiger partial charge in [0.2, 0.25) is 0 Å². The van der Waals surface area contributed by atoms with Gasteiger partial charge in [-0.1, -0.05) is 20.8 Å². The summed E-state index contributed by atoms with van der Waals surface area (Å²) in [6.45, 7) is 7.42. The van der Waals surface area contributed by atoms with E-state index < -0.39 is 0 Å². The van der Waals surface area contributed by atoms with E-state index in [1.54, 1.807) is 0 Å². The second kappa shape index (κ2) is 1.92. The number of hydrogen-bond donors (Lipinski definition) is 0. The molecular weight excluding hydrogens is 184 g/mol. The Balaban J connectivity index is 1.84. The first-order valence-electron chi connectivity index (χ1n) is 6.45. The van der Waals surface area contributed by atoms with Gasteiger partial charge in [0.1, 0.15) is 0 Å². The predicted octanol–water partition coefficient (Wildman–Crippen LogP) is 3.24. The third-order valence-corrected chi connectivity index (χ3v) is 6.59. The van der Waals surface area contributed by atoms with Gasteiger partial charge in [0.15, 0.2) is 0 Å². The summed E-state index contributed by atoms with van der Waals surface area (Å²) in [4.78, 5) is 0. The first-order valence-corrected chi connectivity index (χ1v) is 6.45. The first-order chi connectivity index (χ1) is 6.90. The van der Waals surface area contributed by atoms with Crippen LogP contribution >= 0.6 is 0 Å². The minimum Gasteiger partial charge on any atom is -0.378 e. The molecule has 0 saturated heterocycles. The average molecular weight is 206 g/mol. The first kappa shape index (κ1) is 9.04. The molecule has 0 bridgehead atoms. The Kier molecular flexibility index (Phi) is 1.16. The Morgan fingerprint density at radius 3 is 2.27 bits per heavy atom. The fraction of sp³-hybridized carbons (Fsp3) is 1.00. The highest BCUT2D eigenvalue weighted by Crippen LogP contribution is 2.91. The van der Waals surface area contributed by atoms with E-state index in [-0.39, 0.29) is 5.60 Å². The van der Waals surface area contributed by atoms with Crippen molar-refractivity contribution >= 4 is 0 Å². The zero-order valence-electron chi connectivity index (χ0n) is 10.4. The van der Waals surface area contributed by atoms with E-state index >= 15 is 0 Å². The second-order valence-corrected chi connectivity index (χ2v) is 7.75. The minimum absolute atomic E-state index is 0.277. The molecule has 1 nitrogen and oxygen atoms in total. The molecule has 1 spiro atoms. The molecule has 0 aliphatic heterocycles. The predicted molar refractivity (Wildman–Crippen MR) is 59.5 cm³/mol. The Labute approximate surface area is 92.6 Å². The number of fused-ring (bicyclic) bond motifs is 1. The van der Waals surface area contributed by atoms with Crippen LogP contribution < -0.4 is 0 Å². The topological polar surface area (TPSA) is 9.23 Å². The van der Waals surface area contributed by atoms with Gasteiger partial charge < -0.3 is 4.74 Å². The van der Waals surface area contributed by atoms with Gasteiger partial charge in [0, 0.05) is 12.5 Å². The van der Waals surface area contributed by atoms with Crippen molar-refractivity contribution in [2.75, 3.05) is 7.11 Å². The lowest BCUT2D eigenvalue weighted by atomic mass is 9.79. The molecule has 84 valence electrons. The van der Waals surface area contributed by atoms with Crippen LogP contribution in [-0.2, 0) is 4.74 Å². The molecular formula is C14H22O. The van der Waals surface area contributed by atoms with E-state index in [0.717, 1.165) is 11.8 Å². The van der Waals surface area contributed by atoms with Crippen LogP contribution in [0.5, 0.6) is 0 Å². The Morgan fingerprint density at radius 1 is 1.00 bits per heavy atom. The molecule has 0 aromatic carbocycles. The number of hydrogen-bond acceptors (Lipinski definition) is 1. The molecule has 0 aromatic heterocycles. The summed E-state index contributed by atoms with van der Waals surface area (Å²) in [5.74, 6) is 1.98. The van der Waals surface area contributed by atoms with E-state index in [1.807, 2.05) is 7.11 Å². The molecule has 0 radical (unpaired) electrons. The maximum Gasteiger partial charge on any atom is 0.0751 e. The van der Waals surface area contributed by atoms with Crippen LogP contribution in [0, 0.1) is 28.1 Å². The highest BCUT2D eigenvalue weighted by Gasteiger charge is 2.89. The van der Waals surface area contributed by atoms with Gasteiger partial charge in [-0.15, -0.1) is 0 Å². The molecule has 4 fully saturated rings. The van der Waals surface area contributed by atoms with Crippen molar-refractivity contribution in [1.82, 2.24) is 0 Å². The molecule has 4 aliphatic carbocycles. The maximum absolute atomic E-state index is 6.07. The van der Waals surface area contributed by atoms with Crippen molar-refractivity contribution in [3.8, 4) is 0 Å². The molecule has 1 unspecified atom stereocenters. The summed E-state index contributed by atoms with van der Waals surface area (Å²) in [6, 6.07) is 0. The summed E-state index contributed by atoms with van der Waals surface area (Å²) in [7, 11) is 1.96. The molecule has 1 heteroatoms. The molecule has 4 rings (SSSR count). The summed E-state index contributed by atoms with van der Waals surface area (Å²) >= 11 is 0. The summed E-state index contributed by atoms with van der Waals surface area (Å²) in [5, 5.41) is 0. The third kappa shape index (κ3) is 0.686. The molecule has 0 N–H and O–H groups in total. The van der Waals surface area contributed by atoms with Gasteiger partial charge in [0.05, 0.1) is 5.60 Å². The number of ether oxygens (including phenoxy) is 1. The standard InChI is InChI=1S/C14H22O/c1-11(2)7-13(15-4)8-12(3)5-10(12)14(13)6-9(11)14/h9-10H,5-8H2,1-4H3/t9-,10-,12-,13-,14?/m0/s1. The van der Waals surface area contributed by atoms with Gasteiger partial charge in [-0.25, -0.2) is 0 Å². The smallest absolute Gasteiger partial charge is 0.0751 e. The van der Waals surface area contributed by atoms with Gasteiger partial charge in [-0.2, -0.15) is 0 Å². The van der Waals surface area contributed by atoms with Gasteiger partial charge in [-0.05, 0) is 48.3 Å². The molecule has 4 aliphatic rings. The Hall–Kier alpha value is -0.0400. The van der Waals surface area contributed by atoms with Crippen molar-refractivity contribution < 1.29 is 4.74 Å². The summed E-state index contributed by atoms with van der Waals surface area (Å²) in [5.41, 5.74) is 2.11. The van der Waals surface area contributed by atoms with E-state index in [9.17, 15) is 0 Å². The summed E-state index contributed by atoms with van der Waals surface area (Å²) < 4.78 is 6.07. The summed E-state index contributed by atoms with van der Waals surface area (Å²) in [6.07, 6.45) is 5.62. The minimum atomic E-state index is 0.277. The zero-order chi connectivity index (χ0) is 10.7. The third-order valence-electron chi connectivity index (χ3n) is 6.59.